The zero-order valence-electron chi connectivity index (χ0n) is 16.4. The fourth-order valence-corrected chi connectivity index (χ4v) is 3.90. The predicted octanol–water partition coefficient (Wildman–Crippen LogP) is 6.30. The molecule has 0 radical (unpaired) electrons. The summed E-state index contributed by atoms with van der Waals surface area (Å²) in [7, 11) is 0. The minimum absolute atomic E-state index is 0.601. The summed E-state index contributed by atoms with van der Waals surface area (Å²) in [5.74, 6) is 1.42. The Morgan fingerprint density at radius 1 is 0.958 bits per heavy atom. The minimum Gasteiger partial charge on any atom is -0.293 e. The molecular weight excluding hydrogens is 290 g/mol. The molecule has 24 heavy (non-hydrogen) atoms. The van der Waals surface area contributed by atoms with Crippen molar-refractivity contribution in [2.24, 2.45) is 11.8 Å². The Morgan fingerprint density at radius 2 is 1.38 bits per heavy atom. The van der Waals surface area contributed by atoms with Crippen LogP contribution in [0.25, 0.3) is 0 Å². The van der Waals surface area contributed by atoms with Crippen LogP contribution in [0.2, 0.25) is 0 Å². The van der Waals surface area contributed by atoms with E-state index in [9.17, 15) is 0 Å². The highest BCUT2D eigenvalue weighted by molar-refractivity contribution is 5.17. The topological polar surface area (TPSA) is 3.24 Å². The molecule has 0 saturated carbocycles. The Morgan fingerprint density at radius 3 is 1.62 bits per heavy atom. The fraction of sp³-hybridized carbons (Fsp3) is 0.652. The van der Waals surface area contributed by atoms with E-state index in [1.165, 1.54) is 49.7 Å². The van der Waals surface area contributed by atoms with Crippen molar-refractivity contribution in [3.63, 3.8) is 0 Å². The molecule has 0 aromatic heterocycles. The third-order valence-corrected chi connectivity index (χ3v) is 5.95. The highest BCUT2D eigenvalue weighted by Gasteiger charge is 2.21. The van der Waals surface area contributed by atoms with Gasteiger partial charge in [0.05, 0.1) is 0 Å². The van der Waals surface area contributed by atoms with Crippen molar-refractivity contribution in [3.05, 3.63) is 47.6 Å². The maximum absolute atomic E-state index is 4.14. The summed E-state index contributed by atoms with van der Waals surface area (Å²) in [4.78, 5) is 2.65. The fourth-order valence-electron chi connectivity index (χ4n) is 3.90. The van der Waals surface area contributed by atoms with E-state index in [1.807, 2.05) is 0 Å². The predicted molar refractivity (Wildman–Crippen MR) is 107 cm³/mol. The molecule has 2 aliphatic carbocycles. The number of nitrogens with zero attached hydrogens (tertiary/aromatic N) is 1. The quantitative estimate of drug-likeness (QED) is 0.496. The molecule has 0 fully saturated rings. The van der Waals surface area contributed by atoms with Crippen LogP contribution in [0.3, 0.4) is 0 Å². The van der Waals surface area contributed by atoms with E-state index in [1.54, 1.807) is 11.1 Å². The lowest BCUT2D eigenvalue weighted by Crippen LogP contribution is -2.35. The van der Waals surface area contributed by atoms with E-state index in [2.05, 4.69) is 57.9 Å². The van der Waals surface area contributed by atoms with Crippen LogP contribution >= 0.6 is 0 Å². The van der Waals surface area contributed by atoms with Crippen molar-refractivity contribution < 1.29 is 0 Å². The second-order valence-electron chi connectivity index (χ2n) is 8.36. The molecule has 0 aliphatic heterocycles. The standard InChI is InChI=1S/C23H37N/c1-17(2)22-11-7-20(8-12-22)15-24(19(5)6)16-21-9-13-23(14-10-21)18(3)4/h7,9,19,22-23H,1,3,8,10-16H2,2,4-6H3. The lowest BCUT2D eigenvalue weighted by molar-refractivity contribution is 0.251. The van der Waals surface area contributed by atoms with Crippen LogP contribution < -0.4 is 0 Å². The van der Waals surface area contributed by atoms with Gasteiger partial charge in [0.25, 0.3) is 0 Å². The molecule has 0 spiro atoms. The first-order valence-electron chi connectivity index (χ1n) is 9.77. The van der Waals surface area contributed by atoms with E-state index < -0.39 is 0 Å². The average Bonchev–Trinajstić information content (AvgIpc) is 2.55. The van der Waals surface area contributed by atoms with Gasteiger partial charge in [-0.2, -0.15) is 0 Å². The Kier molecular flexibility index (Phi) is 7.10. The average molecular weight is 328 g/mol. The third-order valence-electron chi connectivity index (χ3n) is 5.95. The summed E-state index contributed by atoms with van der Waals surface area (Å²) in [6.07, 6.45) is 12.4. The highest BCUT2D eigenvalue weighted by Crippen LogP contribution is 2.31. The van der Waals surface area contributed by atoms with Crippen LogP contribution in [0, 0.1) is 11.8 Å². The van der Waals surface area contributed by atoms with Crippen molar-refractivity contribution in [1.29, 1.82) is 0 Å². The summed E-state index contributed by atoms with van der Waals surface area (Å²) >= 11 is 0. The van der Waals surface area contributed by atoms with Crippen LogP contribution in [0.1, 0.15) is 66.2 Å². The first-order chi connectivity index (χ1) is 11.4. The van der Waals surface area contributed by atoms with E-state index in [-0.39, 0.29) is 0 Å². The zero-order chi connectivity index (χ0) is 17.7. The van der Waals surface area contributed by atoms with Crippen LogP contribution in [-0.2, 0) is 0 Å². The number of hydrogen-bond donors (Lipinski definition) is 0. The van der Waals surface area contributed by atoms with Crippen molar-refractivity contribution in [1.82, 2.24) is 4.90 Å². The monoisotopic (exact) mass is 327 g/mol. The van der Waals surface area contributed by atoms with E-state index in [0.717, 1.165) is 13.1 Å². The molecule has 0 aromatic carbocycles. The Bertz CT molecular complexity index is 476. The molecule has 1 nitrogen and oxygen atoms in total. The maximum Gasteiger partial charge on any atom is 0.0198 e. The van der Waals surface area contributed by atoms with Gasteiger partial charge in [-0.1, -0.05) is 47.6 Å². The van der Waals surface area contributed by atoms with Crippen LogP contribution in [0.4, 0.5) is 0 Å². The summed E-state index contributed by atoms with van der Waals surface area (Å²) in [5.41, 5.74) is 5.98. The van der Waals surface area contributed by atoms with Gasteiger partial charge < -0.3 is 0 Å². The molecule has 2 aliphatic rings. The van der Waals surface area contributed by atoms with E-state index >= 15 is 0 Å². The molecule has 0 bridgehead atoms. The molecule has 0 N–H and O–H groups in total. The molecule has 0 saturated heterocycles. The number of allylic oxidation sites excluding steroid dienone is 4. The Hall–Kier alpha value is -1.08. The smallest absolute Gasteiger partial charge is 0.0198 e. The molecule has 2 rings (SSSR count). The van der Waals surface area contributed by atoms with Gasteiger partial charge in [-0.25, -0.2) is 0 Å². The molecule has 0 amide bonds. The second-order valence-corrected chi connectivity index (χ2v) is 8.36. The minimum atomic E-state index is 0.601. The van der Waals surface area contributed by atoms with Gasteiger partial charge in [-0.3, -0.25) is 4.90 Å². The first kappa shape index (κ1) is 19.2. The number of hydrogen-bond acceptors (Lipinski definition) is 1. The van der Waals surface area contributed by atoms with Crippen molar-refractivity contribution in [3.8, 4) is 0 Å². The van der Waals surface area contributed by atoms with Crippen LogP contribution in [0.5, 0.6) is 0 Å². The molecule has 134 valence electrons. The SMILES string of the molecule is C=C(C)C1CC=C(CN(CC2=CCC(C(=C)C)CC2)C(C)C)CC1. The summed E-state index contributed by atoms with van der Waals surface area (Å²) in [6, 6.07) is 0.601. The van der Waals surface area contributed by atoms with Gasteiger partial charge in [0.2, 0.25) is 0 Å². The van der Waals surface area contributed by atoms with E-state index in [4.69, 9.17) is 0 Å². The Labute approximate surface area is 150 Å². The molecule has 2 atom stereocenters. The van der Waals surface area contributed by atoms with Crippen molar-refractivity contribution in [2.45, 2.75) is 72.3 Å². The molecule has 2 unspecified atom stereocenters. The third kappa shape index (κ3) is 5.48. The number of rotatable bonds is 7. The lowest BCUT2D eigenvalue weighted by Gasteiger charge is -2.32. The molecular formula is C23H37N. The van der Waals surface area contributed by atoms with E-state index in [0.29, 0.717) is 17.9 Å². The van der Waals surface area contributed by atoms with Crippen molar-refractivity contribution >= 4 is 0 Å². The van der Waals surface area contributed by atoms with Gasteiger partial charge in [0.15, 0.2) is 0 Å². The molecule has 1 heteroatoms. The highest BCUT2D eigenvalue weighted by atomic mass is 15.1. The summed E-state index contributed by atoms with van der Waals surface area (Å²) in [5, 5.41) is 0. The molecule has 0 aromatic rings. The van der Waals surface area contributed by atoms with Gasteiger partial charge in [0.1, 0.15) is 0 Å². The normalized spacial score (nSPS) is 24.8. The summed E-state index contributed by atoms with van der Waals surface area (Å²) < 4.78 is 0. The lowest BCUT2D eigenvalue weighted by atomic mass is 9.84. The van der Waals surface area contributed by atoms with Crippen LogP contribution in [0.15, 0.2) is 47.6 Å². The first-order valence-corrected chi connectivity index (χ1v) is 9.77. The Balaban J connectivity index is 1.91. The van der Waals surface area contributed by atoms with Gasteiger partial charge in [-0.05, 0) is 78.1 Å². The maximum atomic E-state index is 4.14. The summed E-state index contributed by atoms with van der Waals surface area (Å²) in [6.45, 7) is 19.6. The van der Waals surface area contributed by atoms with Gasteiger partial charge in [-0.15, -0.1) is 0 Å². The van der Waals surface area contributed by atoms with Crippen molar-refractivity contribution in [2.75, 3.05) is 13.1 Å². The van der Waals surface area contributed by atoms with Gasteiger partial charge >= 0.3 is 0 Å². The largest absolute Gasteiger partial charge is 0.293 e. The zero-order valence-corrected chi connectivity index (χ0v) is 16.4. The van der Waals surface area contributed by atoms with Gasteiger partial charge in [0, 0.05) is 19.1 Å². The molecule has 0 heterocycles. The van der Waals surface area contributed by atoms with Crippen LogP contribution in [-0.4, -0.2) is 24.0 Å². The second kappa shape index (κ2) is 8.85.